The lowest BCUT2D eigenvalue weighted by Gasteiger charge is -2.06. The van der Waals surface area contributed by atoms with Gasteiger partial charge in [0.15, 0.2) is 5.78 Å². The van der Waals surface area contributed by atoms with Crippen molar-refractivity contribution in [2.75, 3.05) is 0 Å². The van der Waals surface area contributed by atoms with Gasteiger partial charge in [0.1, 0.15) is 5.75 Å². The Morgan fingerprint density at radius 2 is 2.20 bits per heavy atom. The van der Waals surface area contributed by atoms with Gasteiger partial charge in [-0.1, -0.05) is 18.5 Å². The fraction of sp³-hybridized carbons (Fsp3) is 0.300. The van der Waals surface area contributed by atoms with Crippen LogP contribution in [0.5, 0.6) is 5.75 Å². The number of carbonyl (C=O) groups excluding carboxylic acids is 1. The molecule has 0 aliphatic heterocycles. The Kier molecular flexibility index (Phi) is 4.03. The minimum absolute atomic E-state index is 0.0531. The standard InChI is InChI=1S/C10H9ClF2O2/c1-2-9(14)7-4-3-6(5-8(7)11)15-10(12)13/h3-5,10H,2H2,1H3. The van der Waals surface area contributed by atoms with Crippen molar-refractivity contribution in [2.45, 2.75) is 20.0 Å². The van der Waals surface area contributed by atoms with Crippen molar-refractivity contribution in [3.63, 3.8) is 0 Å². The average Bonchev–Trinajstić information content (AvgIpc) is 2.16. The smallest absolute Gasteiger partial charge is 0.387 e. The van der Waals surface area contributed by atoms with Crippen LogP contribution >= 0.6 is 11.6 Å². The van der Waals surface area contributed by atoms with Crippen molar-refractivity contribution in [2.24, 2.45) is 0 Å². The van der Waals surface area contributed by atoms with Crippen LogP contribution in [0.2, 0.25) is 5.02 Å². The van der Waals surface area contributed by atoms with Gasteiger partial charge >= 0.3 is 6.61 Å². The molecule has 0 aliphatic carbocycles. The fourth-order valence-corrected chi connectivity index (χ4v) is 1.36. The molecular weight excluding hydrogens is 226 g/mol. The first-order chi connectivity index (χ1) is 7.04. The maximum Gasteiger partial charge on any atom is 0.387 e. The molecule has 0 fully saturated rings. The van der Waals surface area contributed by atoms with Crippen LogP contribution in [0.1, 0.15) is 23.7 Å². The summed E-state index contributed by atoms with van der Waals surface area (Å²) in [5.41, 5.74) is 0.320. The van der Waals surface area contributed by atoms with Crippen molar-refractivity contribution < 1.29 is 18.3 Å². The Hall–Kier alpha value is -1.16. The summed E-state index contributed by atoms with van der Waals surface area (Å²) in [6.07, 6.45) is 0.314. The molecule has 0 aliphatic rings. The second-order valence-corrected chi connectivity index (χ2v) is 3.20. The molecule has 0 saturated heterocycles. The number of alkyl halides is 2. The van der Waals surface area contributed by atoms with Gasteiger partial charge in [0.2, 0.25) is 0 Å². The summed E-state index contributed by atoms with van der Waals surface area (Å²) in [4.78, 5) is 11.3. The number of carbonyl (C=O) groups is 1. The van der Waals surface area contributed by atoms with Gasteiger partial charge in [-0.3, -0.25) is 4.79 Å². The predicted octanol–water partition coefficient (Wildman–Crippen LogP) is 3.53. The molecule has 0 saturated carbocycles. The largest absolute Gasteiger partial charge is 0.435 e. The minimum atomic E-state index is -2.89. The summed E-state index contributed by atoms with van der Waals surface area (Å²) in [7, 11) is 0. The zero-order valence-corrected chi connectivity index (χ0v) is 8.72. The van der Waals surface area contributed by atoms with Crippen LogP contribution in [0.3, 0.4) is 0 Å². The van der Waals surface area contributed by atoms with Crippen molar-refractivity contribution in [3.05, 3.63) is 28.8 Å². The van der Waals surface area contributed by atoms with Crippen molar-refractivity contribution in [1.29, 1.82) is 0 Å². The molecular formula is C10H9ClF2O2. The topological polar surface area (TPSA) is 26.3 Å². The van der Waals surface area contributed by atoms with Crippen LogP contribution < -0.4 is 4.74 Å². The summed E-state index contributed by atoms with van der Waals surface area (Å²) in [6, 6.07) is 3.88. The quantitative estimate of drug-likeness (QED) is 0.745. The molecule has 0 radical (unpaired) electrons. The van der Waals surface area contributed by atoms with E-state index in [1.807, 2.05) is 0 Å². The number of ether oxygens (including phenoxy) is 1. The number of hydrogen-bond donors (Lipinski definition) is 0. The molecule has 0 aromatic heterocycles. The highest BCUT2D eigenvalue weighted by molar-refractivity contribution is 6.34. The van der Waals surface area contributed by atoms with Gasteiger partial charge in [0.25, 0.3) is 0 Å². The third-order valence-electron chi connectivity index (χ3n) is 1.79. The van der Waals surface area contributed by atoms with Gasteiger partial charge in [0.05, 0.1) is 5.02 Å². The van der Waals surface area contributed by atoms with Crippen LogP contribution in [0.15, 0.2) is 18.2 Å². The minimum Gasteiger partial charge on any atom is -0.435 e. The number of halogens is 3. The van der Waals surface area contributed by atoms with E-state index in [9.17, 15) is 13.6 Å². The Labute approximate surface area is 90.8 Å². The SMILES string of the molecule is CCC(=O)c1ccc(OC(F)F)cc1Cl. The molecule has 1 rings (SSSR count). The highest BCUT2D eigenvalue weighted by atomic mass is 35.5. The van der Waals surface area contributed by atoms with Gasteiger partial charge in [0, 0.05) is 12.0 Å². The summed E-state index contributed by atoms with van der Waals surface area (Å²) in [6.45, 7) is -1.20. The lowest BCUT2D eigenvalue weighted by atomic mass is 10.1. The summed E-state index contributed by atoms with van der Waals surface area (Å²) < 4.78 is 27.8. The van der Waals surface area contributed by atoms with Crippen molar-refractivity contribution in [3.8, 4) is 5.75 Å². The van der Waals surface area contributed by atoms with E-state index < -0.39 is 6.61 Å². The summed E-state index contributed by atoms with van der Waals surface area (Å²) in [5.74, 6) is -0.189. The Bertz CT molecular complexity index is 366. The first-order valence-corrected chi connectivity index (χ1v) is 4.70. The molecule has 0 bridgehead atoms. The van der Waals surface area contributed by atoms with Crippen molar-refractivity contribution >= 4 is 17.4 Å². The van der Waals surface area contributed by atoms with E-state index in [4.69, 9.17) is 11.6 Å². The van der Waals surface area contributed by atoms with Gasteiger partial charge in [-0.2, -0.15) is 8.78 Å². The molecule has 0 atom stereocenters. The number of hydrogen-bond acceptors (Lipinski definition) is 2. The first kappa shape index (κ1) is 11.9. The zero-order valence-electron chi connectivity index (χ0n) is 7.97. The van der Waals surface area contributed by atoms with E-state index in [0.29, 0.717) is 12.0 Å². The molecule has 15 heavy (non-hydrogen) atoms. The third kappa shape index (κ3) is 3.16. The lowest BCUT2D eigenvalue weighted by molar-refractivity contribution is -0.0498. The molecule has 2 nitrogen and oxygen atoms in total. The average molecular weight is 235 g/mol. The molecule has 82 valence electrons. The first-order valence-electron chi connectivity index (χ1n) is 4.32. The van der Waals surface area contributed by atoms with E-state index in [0.717, 1.165) is 0 Å². The third-order valence-corrected chi connectivity index (χ3v) is 2.10. The Balaban J connectivity index is 2.93. The molecule has 0 heterocycles. The molecule has 1 aromatic carbocycles. The van der Waals surface area contributed by atoms with E-state index in [1.165, 1.54) is 18.2 Å². The van der Waals surface area contributed by atoms with Crippen LogP contribution in [-0.4, -0.2) is 12.4 Å². The molecule has 0 N–H and O–H groups in total. The number of Topliss-reactive ketones (excluding diaryl/α,β-unsaturated/α-hetero) is 1. The lowest BCUT2D eigenvalue weighted by Crippen LogP contribution is -2.03. The molecule has 0 unspecified atom stereocenters. The number of ketones is 1. The second kappa shape index (κ2) is 5.07. The molecule has 1 aromatic rings. The predicted molar refractivity (Wildman–Crippen MR) is 52.7 cm³/mol. The van der Waals surface area contributed by atoms with E-state index in [-0.39, 0.29) is 16.6 Å². The molecule has 5 heteroatoms. The zero-order chi connectivity index (χ0) is 11.4. The Morgan fingerprint density at radius 3 is 2.67 bits per heavy atom. The molecule has 0 spiro atoms. The highest BCUT2D eigenvalue weighted by Crippen LogP contribution is 2.24. The van der Waals surface area contributed by atoms with E-state index in [2.05, 4.69) is 4.74 Å². The number of rotatable bonds is 4. The van der Waals surface area contributed by atoms with E-state index in [1.54, 1.807) is 6.92 Å². The summed E-state index contributed by atoms with van der Waals surface area (Å²) in [5, 5.41) is 0.125. The normalized spacial score (nSPS) is 10.5. The highest BCUT2D eigenvalue weighted by Gasteiger charge is 2.11. The summed E-state index contributed by atoms with van der Waals surface area (Å²) >= 11 is 5.74. The van der Waals surface area contributed by atoms with Crippen LogP contribution in [0, 0.1) is 0 Å². The van der Waals surface area contributed by atoms with Gasteiger partial charge < -0.3 is 4.74 Å². The van der Waals surface area contributed by atoms with Crippen molar-refractivity contribution in [1.82, 2.24) is 0 Å². The van der Waals surface area contributed by atoms with Gasteiger partial charge in [-0.15, -0.1) is 0 Å². The maximum atomic E-state index is 11.8. The van der Waals surface area contributed by atoms with Gasteiger partial charge in [-0.05, 0) is 18.2 Å². The van der Waals surface area contributed by atoms with Crippen LogP contribution in [-0.2, 0) is 0 Å². The Morgan fingerprint density at radius 1 is 1.53 bits per heavy atom. The van der Waals surface area contributed by atoms with E-state index >= 15 is 0 Å². The second-order valence-electron chi connectivity index (χ2n) is 2.80. The molecule has 0 amide bonds. The monoisotopic (exact) mass is 234 g/mol. The van der Waals surface area contributed by atoms with Gasteiger partial charge in [-0.25, -0.2) is 0 Å². The van der Waals surface area contributed by atoms with Crippen LogP contribution in [0.25, 0.3) is 0 Å². The maximum absolute atomic E-state index is 11.8. The number of benzene rings is 1. The fourth-order valence-electron chi connectivity index (χ4n) is 1.09. The van der Waals surface area contributed by atoms with Crippen LogP contribution in [0.4, 0.5) is 8.78 Å².